The molecule has 1 aliphatic rings. The summed E-state index contributed by atoms with van der Waals surface area (Å²) < 4.78 is 34.1. The number of imidazole rings is 1. The minimum absolute atomic E-state index is 0.118. The number of rotatable bonds is 6. The summed E-state index contributed by atoms with van der Waals surface area (Å²) in [6.07, 6.45) is 4.43. The molecular weight excluding hydrogens is 392 g/mol. The first-order valence-electron chi connectivity index (χ1n) is 9.43. The minimum Gasteiger partial charge on any atom is -0.379 e. The number of amides is 1. The van der Waals surface area contributed by atoms with Gasteiger partial charge in [0.05, 0.1) is 23.8 Å². The fraction of sp³-hybridized carbons (Fsp3) is 0.300. The summed E-state index contributed by atoms with van der Waals surface area (Å²) in [6.45, 7) is 1.80. The summed E-state index contributed by atoms with van der Waals surface area (Å²) in [6, 6.07) is 11.9. The molecule has 1 fully saturated rings. The van der Waals surface area contributed by atoms with Crippen molar-refractivity contribution < 1.29 is 17.9 Å². The largest absolute Gasteiger partial charge is 0.379 e. The Morgan fingerprint density at radius 2 is 1.97 bits per heavy atom. The third-order valence-electron chi connectivity index (χ3n) is 4.78. The fourth-order valence-electron chi connectivity index (χ4n) is 3.25. The van der Waals surface area contributed by atoms with Crippen LogP contribution in [0.3, 0.4) is 0 Å². The average Bonchev–Trinajstić information content (AvgIpc) is 3.17. The highest BCUT2D eigenvalue weighted by atomic mass is 32.2. The molecule has 3 heterocycles. The summed E-state index contributed by atoms with van der Waals surface area (Å²) in [5.74, 6) is -0.312. The van der Waals surface area contributed by atoms with Crippen molar-refractivity contribution in [1.29, 1.82) is 0 Å². The van der Waals surface area contributed by atoms with Crippen LogP contribution in [-0.4, -0.2) is 60.9 Å². The van der Waals surface area contributed by atoms with Crippen LogP contribution in [0.15, 0.2) is 59.8 Å². The number of hydrogen-bond donors (Lipinski definition) is 1. The molecule has 8 nitrogen and oxygen atoms in total. The van der Waals surface area contributed by atoms with E-state index in [0.717, 1.165) is 11.3 Å². The molecule has 29 heavy (non-hydrogen) atoms. The maximum absolute atomic E-state index is 12.8. The first kappa shape index (κ1) is 19.6. The van der Waals surface area contributed by atoms with Gasteiger partial charge in [0.1, 0.15) is 5.65 Å². The van der Waals surface area contributed by atoms with Crippen molar-refractivity contribution in [2.45, 2.75) is 11.3 Å². The second kappa shape index (κ2) is 8.32. The lowest BCUT2D eigenvalue weighted by Gasteiger charge is -2.26. The molecule has 0 saturated carbocycles. The van der Waals surface area contributed by atoms with Gasteiger partial charge in [-0.25, -0.2) is 13.4 Å². The summed E-state index contributed by atoms with van der Waals surface area (Å²) in [4.78, 5) is 17.1. The molecule has 9 heteroatoms. The first-order valence-corrected chi connectivity index (χ1v) is 10.9. The molecule has 2 aromatic heterocycles. The monoisotopic (exact) mass is 414 g/mol. The molecule has 1 N–H and O–H groups in total. The molecule has 3 aromatic rings. The normalized spacial score (nSPS) is 15.4. The molecular formula is C20H22N4O4S. The Balaban J connectivity index is 1.40. The van der Waals surface area contributed by atoms with E-state index in [-0.39, 0.29) is 10.8 Å². The molecule has 0 atom stereocenters. The number of ether oxygens (including phenoxy) is 1. The van der Waals surface area contributed by atoms with E-state index in [4.69, 9.17) is 4.74 Å². The Morgan fingerprint density at radius 1 is 1.14 bits per heavy atom. The van der Waals surface area contributed by atoms with Crippen molar-refractivity contribution in [2.75, 3.05) is 32.8 Å². The molecule has 0 unspecified atom stereocenters. The Hall–Kier alpha value is -2.75. The summed E-state index contributed by atoms with van der Waals surface area (Å²) >= 11 is 0. The second-order valence-corrected chi connectivity index (χ2v) is 8.69. The van der Waals surface area contributed by atoms with Crippen molar-refractivity contribution in [3.63, 3.8) is 0 Å². The van der Waals surface area contributed by atoms with Gasteiger partial charge in [0.2, 0.25) is 10.0 Å². The van der Waals surface area contributed by atoms with Crippen molar-refractivity contribution in [1.82, 2.24) is 19.0 Å². The number of benzene rings is 1. The van der Waals surface area contributed by atoms with Gasteiger partial charge < -0.3 is 14.5 Å². The molecule has 1 amide bonds. The first-order chi connectivity index (χ1) is 14.0. The van der Waals surface area contributed by atoms with E-state index >= 15 is 0 Å². The van der Waals surface area contributed by atoms with Gasteiger partial charge in [-0.3, -0.25) is 4.79 Å². The number of carbonyl (C=O) groups excluding carboxylic acids is 1. The standard InChI is InChI=1S/C20H22N4O4S/c25-20(21-8-7-17-15-23-9-2-1-6-19(23)22-17)16-4-3-5-18(14-16)29(26,27)24-10-12-28-13-11-24/h1-6,9,14-15H,7-8,10-13H2,(H,21,25). The van der Waals surface area contributed by atoms with Gasteiger partial charge in [0.25, 0.3) is 5.91 Å². The zero-order valence-electron chi connectivity index (χ0n) is 15.8. The van der Waals surface area contributed by atoms with E-state index in [2.05, 4.69) is 10.3 Å². The number of fused-ring (bicyclic) bond motifs is 1. The zero-order valence-corrected chi connectivity index (χ0v) is 16.6. The van der Waals surface area contributed by atoms with E-state index in [9.17, 15) is 13.2 Å². The molecule has 1 aromatic carbocycles. The van der Waals surface area contributed by atoms with Crippen LogP contribution >= 0.6 is 0 Å². The SMILES string of the molecule is O=C(NCCc1cn2ccccc2n1)c1cccc(S(=O)(=O)N2CCOCC2)c1. The molecule has 152 valence electrons. The van der Waals surface area contributed by atoms with Crippen LogP contribution < -0.4 is 5.32 Å². The van der Waals surface area contributed by atoms with Crippen LogP contribution in [0.5, 0.6) is 0 Å². The predicted molar refractivity (Wildman–Crippen MR) is 107 cm³/mol. The number of nitrogens with one attached hydrogen (secondary N) is 1. The number of nitrogens with zero attached hydrogens (tertiary/aromatic N) is 3. The maximum Gasteiger partial charge on any atom is 0.251 e. The molecule has 0 aliphatic carbocycles. The van der Waals surface area contributed by atoms with Crippen LogP contribution in [0.1, 0.15) is 16.1 Å². The van der Waals surface area contributed by atoms with Crippen molar-refractivity contribution in [3.8, 4) is 0 Å². The number of morpholine rings is 1. The van der Waals surface area contributed by atoms with E-state index in [1.807, 2.05) is 35.0 Å². The van der Waals surface area contributed by atoms with E-state index < -0.39 is 10.0 Å². The summed E-state index contributed by atoms with van der Waals surface area (Å²) in [7, 11) is -3.64. The molecule has 0 bridgehead atoms. The Labute approximate surface area is 169 Å². The lowest BCUT2D eigenvalue weighted by Crippen LogP contribution is -2.40. The van der Waals surface area contributed by atoms with Gasteiger partial charge in [-0.05, 0) is 30.3 Å². The minimum atomic E-state index is -3.64. The van der Waals surface area contributed by atoms with Gasteiger partial charge in [-0.1, -0.05) is 12.1 Å². The Bertz CT molecular complexity index is 1090. The highest BCUT2D eigenvalue weighted by Crippen LogP contribution is 2.18. The number of carbonyl (C=O) groups is 1. The third kappa shape index (κ3) is 4.31. The van der Waals surface area contributed by atoms with Crippen LogP contribution in [0.4, 0.5) is 0 Å². The number of aromatic nitrogens is 2. The molecule has 0 spiro atoms. The second-order valence-electron chi connectivity index (χ2n) is 6.75. The van der Waals surface area contributed by atoms with Gasteiger partial charge in [0.15, 0.2) is 0 Å². The summed E-state index contributed by atoms with van der Waals surface area (Å²) in [5, 5.41) is 2.83. The van der Waals surface area contributed by atoms with Crippen molar-refractivity contribution in [3.05, 3.63) is 66.1 Å². The maximum atomic E-state index is 12.8. The van der Waals surface area contributed by atoms with Crippen molar-refractivity contribution in [2.24, 2.45) is 0 Å². The molecule has 1 aliphatic heterocycles. The lowest BCUT2D eigenvalue weighted by atomic mass is 10.2. The van der Waals surface area contributed by atoms with Crippen LogP contribution in [0, 0.1) is 0 Å². The van der Waals surface area contributed by atoms with Gasteiger partial charge >= 0.3 is 0 Å². The van der Waals surface area contributed by atoms with E-state index in [1.54, 1.807) is 12.1 Å². The van der Waals surface area contributed by atoms with E-state index in [0.29, 0.717) is 44.8 Å². The van der Waals surface area contributed by atoms with E-state index in [1.165, 1.54) is 16.4 Å². The van der Waals surface area contributed by atoms with Crippen LogP contribution in [0.2, 0.25) is 0 Å². The van der Waals surface area contributed by atoms with Crippen LogP contribution in [-0.2, 0) is 21.2 Å². The number of pyridine rings is 1. The topological polar surface area (TPSA) is 93.0 Å². The molecule has 0 radical (unpaired) electrons. The predicted octanol–water partition coefficient (Wildman–Crippen LogP) is 1.33. The van der Waals surface area contributed by atoms with Gasteiger partial charge in [0, 0.05) is 44.0 Å². The van der Waals surface area contributed by atoms with Crippen LogP contribution in [0.25, 0.3) is 5.65 Å². The Kier molecular flexibility index (Phi) is 5.61. The lowest BCUT2D eigenvalue weighted by molar-refractivity contribution is 0.0730. The summed E-state index contributed by atoms with van der Waals surface area (Å²) in [5.41, 5.74) is 2.05. The zero-order chi connectivity index (χ0) is 20.3. The molecule has 1 saturated heterocycles. The third-order valence-corrected chi connectivity index (χ3v) is 6.68. The molecule has 4 rings (SSSR count). The smallest absolute Gasteiger partial charge is 0.251 e. The quantitative estimate of drug-likeness (QED) is 0.657. The van der Waals surface area contributed by atoms with Gasteiger partial charge in [-0.15, -0.1) is 0 Å². The average molecular weight is 414 g/mol. The van der Waals surface area contributed by atoms with Crippen molar-refractivity contribution >= 4 is 21.6 Å². The highest BCUT2D eigenvalue weighted by molar-refractivity contribution is 7.89. The number of sulfonamides is 1. The fourth-order valence-corrected chi connectivity index (χ4v) is 4.70. The number of hydrogen-bond acceptors (Lipinski definition) is 5. The highest BCUT2D eigenvalue weighted by Gasteiger charge is 2.26. The van der Waals surface area contributed by atoms with Gasteiger partial charge in [-0.2, -0.15) is 4.31 Å². The Morgan fingerprint density at radius 3 is 2.76 bits per heavy atom.